The lowest BCUT2D eigenvalue weighted by Crippen LogP contribution is -2.17. The molecular formula is C17H30O3. The summed E-state index contributed by atoms with van der Waals surface area (Å²) in [6.07, 6.45) is 14.0. The number of hydrogen-bond acceptors (Lipinski definition) is 3. The molecule has 3 heteroatoms. The number of rotatable bonds is 14. The van der Waals surface area contributed by atoms with E-state index in [1.165, 1.54) is 51.0 Å². The average molecular weight is 282 g/mol. The standard InChI is InChI=1S/C17H30O3/c1-3-5-6-7-8-9-10-11-12-13-14-16(18)17(19)20-15-4-2/h4H,2-3,5-15H2,1H3. The second-order valence-electron chi connectivity index (χ2n) is 5.24. The number of Topliss-reactive ketones (excluding diaryl/α,β-unsaturated/α-hetero) is 1. The summed E-state index contributed by atoms with van der Waals surface area (Å²) in [7, 11) is 0. The zero-order valence-electron chi connectivity index (χ0n) is 13.0. The van der Waals surface area contributed by atoms with Crippen molar-refractivity contribution in [1.82, 2.24) is 0 Å². The minimum Gasteiger partial charge on any atom is -0.456 e. The molecule has 0 radical (unpaired) electrons. The molecule has 0 fully saturated rings. The van der Waals surface area contributed by atoms with Crippen LogP contribution in [0.5, 0.6) is 0 Å². The molecule has 0 spiro atoms. The summed E-state index contributed by atoms with van der Waals surface area (Å²) in [4.78, 5) is 22.5. The van der Waals surface area contributed by atoms with Crippen molar-refractivity contribution >= 4 is 11.8 Å². The number of ether oxygens (including phenoxy) is 1. The molecule has 20 heavy (non-hydrogen) atoms. The van der Waals surface area contributed by atoms with E-state index >= 15 is 0 Å². The third-order valence-corrected chi connectivity index (χ3v) is 3.32. The Morgan fingerprint density at radius 3 is 1.90 bits per heavy atom. The molecule has 0 saturated heterocycles. The van der Waals surface area contributed by atoms with E-state index in [9.17, 15) is 9.59 Å². The summed E-state index contributed by atoms with van der Waals surface area (Å²) >= 11 is 0. The van der Waals surface area contributed by atoms with Crippen molar-refractivity contribution in [3.8, 4) is 0 Å². The quantitative estimate of drug-likeness (QED) is 0.202. The van der Waals surface area contributed by atoms with E-state index in [1.807, 2.05) is 0 Å². The van der Waals surface area contributed by atoms with Crippen LogP contribution in [0.3, 0.4) is 0 Å². The highest BCUT2D eigenvalue weighted by Crippen LogP contribution is 2.11. The number of hydrogen-bond donors (Lipinski definition) is 0. The second-order valence-corrected chi connectivity index (χ2v) is 5.24. The molecule has 0 amide bonds. The number of unbranched alkanes of at least 4 members (excludes halogenated alkanes) is 9. The van der Waals surface area contributed by atoms with E-state index in [0.717, 1.165) is 19.3 Å². The number of carbonyl (C=O) groups is 2. The van der Waals surface area contributed by atoms with Gasteiger partial charge in [0.1, 0.15) is 6.61 Å². The number of carbonyl (C=O) groups excluding carboxylic acids is 2. The van der Waals surface area contributed by atoms with Crippen molar-refractivity contribution in [3.63, 3.8) is 0 Å². The van der Waals surface area contributed by atoms with Crippen LogP contribution in [0.1, 0.15) is 77.6 Å². The Hall–Kier alpha value is -1.12. The summed E-state index contributed by atoms with van der Waals surface area (Å²) in [5.74, 6) is -1.13. The molecule has 0 N–H and O–H groups in total. The Bertz CT molecular complexity index is 271. The van der Waals surface area contributed by atoms with E-state index in [0.29, 0.717) is 6.42 Å². The van der Waals surface area contributed by atoms with Crippen molar-refractivity contribution in [2.45, 2.75) is 77.6 Å². The molecule has 0 aromatic heterocycles. The van der Waals surface area contributed by atoms with Crippen LogP contribution < -0.4 is 0 Å². The summed E-state index contributed by atoms with van der Waals surface area (Å²) in [5.41, 5.74) is 0. The minimum absolute atomic E-state index is 0.114. The molecule has 0 rings (SSSR count). The lowest BCUT2D eigenvalue weighted by molar-refractivity contribution is -0.153. The predicted octanol–water partition coefficient (Wildman–Crippen LogP) is 4.60. The van der Waals surface area contributed by atoms with Gasteiger partial charge in [-0.25, -0.2) is 4.79 Å². The monoisotopic (exact) mass is 282 g/mol. The fraction of sp³-hybridized carbons (Fsp3) is 0.765. The molecule has 0 saturated carbocycles. The predicted molar refractivity (Wildman–Crippen MR) is 82.6 cm³/mol. The third-order valence-electron chi connectivity index (χ3n) is 3.32. The van der Waals surface area contributed by atoms with Gasteiger partial charge in [0.2, 0.25) is 5.78 Å². The highest BCUT2D eigenvalue weighted by molar-refractivity contribution is 6.33. The summed E-state index contributed by atoms with van der Waals surface area (Å²) in [5, 5.41) is 0. The van der Waals surface area contributed by atoms with Gasteiger partial charge in [0, 0.05) is 6.42 Å². The fourth-order valence-electron chi connectivity index (χ4n) is 2.09. The van der Waals surface area contributed by atoms with Crippen LogP contribution in [-0.2, 0) is 14.3 Å². The van der Waals surface area contributed by atoms with Crippen LogP contribution in [0, 0.1) is 0 Å². The molecule has 0 heterocycles. The van der Waals surface area contributed by atoms with Crippen molar-refractivity contribution < 1.29 is 14.3 Å². The van der Waals surface area contributed by atoms with E-state index in [-0.39, 0.29) is 6.61 Å². The molecule has 116 valence electrons. The summed E-state index contributed by atoms with van der Waals surface area (Å²) in [6, 6.07) is 0. The molecule has 0 unspecified atom stereocenters. The maximum atomic E-state index is 11.4. The normalized spacial score (nSPS) is 10.2. The maximum Gasteiger partial charge on any atom is 0.374 e. The van der Waals surface area contributed by atoms with Crippen LogP contribution in [0.25, 0.3) is 0 Å². The van der Waals surface area contributed by atoms with Crippen LogP contribution in [0.15, 0.2) is 12.7 Å². The van der Waals surface area contributed by atoms with Crippen molar-refractivity contribution in [3.05, 3.63) is 12.7 Å². The Balaban J connectivity index is 3.28. The van der Waals surface area contributed by atoms with Crippen molar-refractivity contribution in [1.29, 1.82) is 0 Å². The van der Waals surface area contributed by atoms with Crippen LogP contribution in [0.2, 0.25) is 0 Å². The smallest absolute Gasteiger partial charge is 0.374 e. The summed E-state index contributed by atoms with van der Waals surface area (Å²) < 4.78 is 4.69. The molecule has 0 aromatic carbocycles. The lowest BCUT2D eigenvalue weighted by atomic mass is 10.1. The molecule has 0 atom stereocenters. The van der Waals surface area contributed by atoms with Gasteiger partial charge in [0.15, 0.2) is 0 Å². The molecule has 3 nitrogen and oxygen atoms in total. The molecule has 0 aliphatic heterocycles. The van der Waals surface area contributed by atoms with Crippen LogP contribution in [0.4, 0.5) is 0 Å². The van der Waals surface area contributed by atoms with Gasteiger partial charge in [-0.15, -0.1) is 0 Å². The van der Waals surface area contributed by atoms with Gasteiger partial charge in [-0.3, -0.25) is 4.79 Å². The Labute approximate surface area is 123 Å². The van der Waals surface area contributed by atoms with Crippen molar-refractivity contribution in [2.75, 3.05) is 6.61 Å². The first kappa shape index (κ1) is 18.9. The first-order chi connectivity index (χ1) is 9.72. The van der Waals surface area contributed by atoms with Gasteiger partial charge in [0.25, 0.3) is 0 Å². The van der Waals surface area contributed by atoms with Gasteiger partial charge in [-0.05, 0) is 6.42 Å². The van der Waals surface area contributed by atoms with Gasteiger partial charge < -0.3 is 4.74 Å². The summed E-state index contributed by atoms with van der Waals surface area (Å²) in [6.45, 7) is 5.78. The zero-order chi connectivity index (χ0) is 15.1. The van der Waals surface area contributed by atoms with Crippen LogP contribution >= 0.6 is 0 Å². The topological polar surface area (TPSA) is 43.4 Å². The highest BCUT2D eigenvalue weighted by Gasteiger charge is 2.13. The number of ketones is 1. The highest BCUT2D eigenvalue weighted by atomic mass is 16.5. The van der Waals surface area contributed by atoms with Crippen molar-refractivity contribution in [2.24, 2.45) is 0 Å². The average Bonchev–Trinajstić information content (AvgIpc) is 2.46. The Kier molecular flexibility index (Phi) is 13.5. The number of esters is 1. The van der Waals surface area contributed by atoms with Gasteiger partial charge in [-0.2, -0.15) is 0 Å². The first-order valence-corrected chi connectivity index (χ1v) is 8.03. The molecule has 0 aromatic rings. The lowest BCUT2D eigenvalue weighted by Gasteiger charge is -2.02. The largest absolute Gasteiger partial charge is 0.456 e. The molecule has 0 aliphatic carbocycles. The SMILES string of the molecule is C=CCOC(=O)C(=O)CCCCCCCCCCCC. The van der Waals surface area contributed by atoms with Crippen LogP contribution in [-0.4, -0.2) is 18.4 Å². The molecular weight excluding hydrogens is 252 g/mol. The Morgan fingerprint density at radius 1 is 0.900 bits per heavy atom. The minimum atomic E-state index is -0.721. The molecule has 0 bridgehead atoms. The van der Waals surface area contributed by atoms with E-state index in [2.05, 4.69) is 18.2 Å². The zero-order valence-corrected chi connectivity index (χ0v) is 13.0. The van der Waals surface area contributed by atoms with E-state index in [4.69, 9.17) is 0 Å². The molecule has 0 aliphatic rings. The fourth-order valence-corrected chi connectivity index (χ4v) is 2.09. The Morgan fingerprint density at radius 2 is 1.40 bits per heavy atom. The third kappa shape index (κ3) is 11.9. The van der Waals surface area contributed by atoms with Gasteiger partial charge >= 0.3 is 5.97 Å². The maximum absolute atomic E-state index is 11.4. The van der Waals surface area contributed by atoms with Gasteiger partial charge in [0.05, 0.1) is 0 Å². The van der Waals surface area contributed by atoms with E-state index < -0.39 is 11.8 Å². The van der Waals surface area contributed by atoms with E-state index in [1.54, 1.807) is 0 Å². The second kappa shape index (κ2) is 14.3. The van der Waals surface area contributed by atoms with Gasteiger partial charge in [-0.1, -0.05) is 77.4 Å². The first-order valence-electron chi connectivity index (χ1n) is 8.03.